The third-order valence-corrected chi connectivity index (χ3v) is 3.83. The molecule has 132 valence electrons. The lowest BCUT2D eigenvalue weighted by molar-refractivity contribution is -0.128. The molecule has 0 saturated carbocycles. The molecular formula is C19H20FNO4. The molecule has 1 amide bonds. The van der Waals surface area contributed by atoms with E-state index in [4.69, 9.17) is 14.2 Å². The summed E-state index contributed by atoms with van der Waals surface area (Å²) in [5, 5.41) is 2.82. The number of rotatable bonds is 6. The smallest absolute Gasteiger partial charge is 0.261 e. The van der Waals surface area contributed by atoms with Crippen LogP contribution in [0.1, 0.15) is 13.3 Å². The van der Waals surface area contributed by atoms with Crippen LogP contribution in [0, 0.1) is 5.82 Å². The van der Waals surface area contributed by atoms with Crippen LogP contribution in [0.5, 0.6) is 17.2 Å². The third-order valence-electron chi connectivity index (χ3n) is 3.83. The first kappa shape index (κ1) is 17.1. The van der Waals surface area contributed by atoms with E-state index in [0.717, 1.165) is 0 Å². The lowest BCUT2D eigenvalue weighted by atomic mass is 10.2. The molecule has 1 aliphatic rings. The summed E-state index contributed by atoms with van der Waals surface area (Å²) < 4.78 is 30.0. The van der Waals surface area contributed by atoms with Gasteiger partial charge in [0.05, 0.1) is 6.54 Å². The first-order valence-electron chi connectivity index (χ1n) is 8.24. The second-order valence-corrected chi connectivity index (χ2v) is 5.71. The van der Waals surface area contributed by atoms with E-state index in [9.17, 15) is 9.18 Å². The van der Waals surface area contributed by atoms with Crippen molar-refractivity contribution in [3.63, 3.8) is 0 Å². The summed E-state index contributed by atoms with van der Waals surface area (Å²) in [5.41, 5.74) is 0. The fourth-order valence-corrected chi connectivity index (χ4v) is 2.49. The summed E-state index contributed by atoms with van der Waals surface area (Å²) in [6.45, 7) is 2.54. The second kappa shape index (κ2) is 7.88. The lowest BCUT2D eigenvalue weighted by Crippen LogP contribution is -2.45. The van der Waals surface area contributed by atoms with Crippen LogP contribution >= 0.6 is 0 Å². The number of ether oxygens (including phenoxy) is 3. The van der Waals surface area contributed by atoms with Gasteiger partial charge in [0.15, 0.2) is 17.6 Å². The predicted molar refractivity (Wildman–Crippen MR) is 90.5 cm³/mol. The number of amides is 1. The molecule has 0 aliphatic carbocycles. The van der Waals surface area contributed by atoms with Gasteiger partial charge in [-0.1, -0.05) is 19.1 Å². The maximum atomic E-state index is 12.9. The molecule has 3 rings (SSSR count). The number of benzene rings is 2. The van der Waals surface area contributed by atoms with Crippen LogP contribution in [-0.2, 0) is 4.79 Å². The molecule has 2 aromatic carbocycles. The number of nitrogens with one attached hydrogen (secondary N) is 1. The Balaban J connectivity index is 1.52. The van der Waals surface area contributed by atoms with Crippen molar-refractivity contribution in [2.24, 2.45) is 0 Å². The van der Waals surface area contributed by atoms with Crippen LogP contribution in [0.3, 0.4) is 0 Å². The topological polar surface area (TPSA) is 56.8 Å². The van der Waals surface area contributed by atoms with Crippen molar-refractivity contribution in [3.8, 4) is 17.2 Å². The van der Waals surface area contributed by atoms with E-state index in [2.05, 4.69) is 5.32 Å². The minimum atomic E-state index is -0.651. The molecule has 1 aliphatic heterocycles. The quantitative estimate of drug-likeness (QED) is 0.875. The van der Waals surface area contributed by atoms with Gasteiger partial charge in [-0.2, -0.15) is 0 Å². The molecule has 1 heterocycles. The zero-order valence-electron chi connectivity index (χ0n) is 13.9. The van der Waals surface area contributed by atoms with E-state index in [1.165, 1.54) is 24.3 Å². The molecule has 0 spiro atoms. The molecule has 0 radical (unpaired) electrons. The normalized spacial score (nSPS) is 16.8. The van der Waals surface area contributed by atoms with Crippen molar-refractivity contribution in [2.75, 3.05) is 13.2 Å². The molecule has 2 aromatic rings. The highest BCUT2D eigenvalue weighted by Crippen LogP contribution is 2.30. The van der Waals surface area contributed by atoms with E-state index < -0.39 is 6.10 Å². The van der Waals surface area contributed by atoms with Gasteiger partial charge in [0.2, 0.25) is 0 Å². The molecule has 1 N–H and O–H groups in total. The zero-order valence-corrected chi connectivity index (χ0v) is 13.9. The second-order valence-electron chi connectivity index (χ2n) is 5.71. The van der Waals surface area contributed by atoms with Crippen molar-refractivity contribution in [1.82, 2.24) is 5.32 Å². The molecule has 6 heteroatoms. The van der Waals surface area contributed by atoms with Crippen molar-refractivity contribution >= 4 is 5.91 Å². The molecular weight excluding hydrogens is 325 g/mol. The average Bonchev–Trinajstić information content (AvgIpc) is 2.65. The molecule has 0 fully saturated rings. The molecule has 25 heavy (non-hydrogen) atoms. The number of halogens is 1. The number of fused-ring (bicyclic) bond motifs is 1. The van der Waals surface area contributed by atoms with Crippen molar-refractivity contribution in [1.29, 1.82) is 0 Å². The Bertz CT molecular complexity index is 720. The average molecular weight is 345 g/mol. The molecule has 0 unspecified atom stereocenters. The van der Waals surface area contributed by atoms with Crippen LogP contribution in [0.4, 0.5) is 4.39 Å². The Hall–Kier alpha value is -2.76. The van der Waals surface area contributed by atoms with Crippen LogP contribution in [-0.4, -0.2) is 31.3 Å². The fraction of sp³-hybridized carbons (Fsp3) is 0.316. The minimum absolute atomic E-state index is 0.241. The van der Waals surface area contributed by atoms with Crippen LogP contribution in [0.2, 0.25) is 0 Å². The highest BCUT2D eigenvalue weighted by atomic mass is 19.1. The van der Waals surface area contributed by atoms with Gasteiger partial charge in [-0.25, -0.2) is 4.39 Å². The highest BCUT2D eigenvalue weighted by Gasteiger charge is 2.24. The molecule has 0 aromatic heterocycles. The largest absolute Gasteiger partial charge is 0.486 e. The van der Waals surface area contributed by atoms with Crippen LogP contribution in [0.25, 0.3) is 0 Å². The Labute approximate surface area is 145 Å². The zero-order chi connectivity index (χ0) is 17.6. The summed E-state index contributed by atoms with van der Waals surface area (Å²) in [7, 11) is 0. The molecule has 0 saturated heterocycles. The predicted octanol–water partition coefficient (Wildman–Crippen LogP) is 2.94. The van der Waals surface area contributed by atoms with Gasteiger partial charge >= 0.3 is 0 Å². The van der Waals surface area contributed by atoms with Crippen LogP contribution < -0.4 is 19.5 Å². The first-order valence-corrected chi connectivity index (χ1v) is 8.24. The van der Waals surface area contributed by atoms with Gasteiger partial charge in [0, 0.05) is 0 Å². The Morgan fingerprint density at radius 2 is 1.96 bits per heavy atom. The number of carbonyl (C=O) groups is 1. The van der Waals surface area contributed by atoms with Gasteiger partial charge in [-0.15, -0.1) is 0 Å². The van der Waals surface area contributed by atoms with E-state index in [1.807, 2.05) is 31.2 Å². The Kier molecular flexibility index (Phi) is 5.38. The fourth-order valence-electron chi connectivity index (χ4n) is 2.49. The van der Waals surface area contributed by atoms with Gasteiger partial charge in [0.25, 0.3) is 5.91 Å². The Morgan fingerprint density at radius 1 is 1.24 bits per heavy atom. The summed E-state index contributed by atoms with van der Waals surface area (Å²) in [6, 6.07) is 13.0. The van der Waals surface area contributed by atoms with E-state index in [1.54, 1.807) is 0 Å². The van der Waals surface area contributed by atoms with Crippen molar-refractivity contribution in [3.05, 3.63) is 54.3 Å². The van der Waals surface area contributed by atoms with Gasteiger partial charge < -0.3 is 19.5 Å². The number of hydrogen-bond donors (Lipinski definition) is 1. The summed E-state index contributed by atoms with van der Waals surface area (Å²) in [4.78, 5) is 12.3. The van der Waals surface area contributed by atoms with Crippen molar-refractivity contribution in [2.45, 2.75) is 25.6 Å². The summed E-state index contributed by atoms with van der Waals surface area (Å²) in [5.74, 6) is 1.24. The van der Waals surface area contributed by atoms with Gasteiger partial charge in [-0.05, 0) is 42.8 Å². The van der Waals surface area contributed by atoms with Gasteiger partial charge in [0.1, 0.15) is 24.3 Å². The van der Waals surface area contributed by atoms with Crippen molar-refractivity contribution < 1.29 is 23.4 Å². The number of hydrogen-bond acceptors (Lipinski definition) is 4. The monoisotopic (exact) mass is 345 g/mol. The molecule has 2 atom stereocenters. The van der Waals surface area contributed by atoms with E-state index >= 15 is 0 Å². The maximum absolute atomic E-state index is 12.9. The maximum Gasteiger partial charge on any atom is 0.261 e. The molecule has 5 nitrogen and oxygen atoms in total. The Morgan fingerprint density at radius 3 is 2.68 bits per heavy atom. The SMILES string of the molecule is CC[C@@H](Oc1ccc(F)cc1)C(=O)NC[C@H]1COc2ccccc2O1. The van der Waals surface area contributed by atoms with E-state index in [-0.39, 0.29) is 17.8 Å². The summed E-state index contributed by atoms with van der Waals surface area (Å²) in [6.07, 6.45) is -0.418. The lowest BCUT2D eigenvalue weighted by Gasteiger charge is -2.27. The summed E-state index contributed by atoms with van der Waals surface area (Å²) >= 11 is 0. The first-order chi connectivity index (χ1) is 12.2. The van der Waals surface area contributed by atoms with E-state index in [0.29, 0.717) is 36.8 Å². The molecule has 0 bridgehead atoms. The highest BCUT2D eigenvalue weighted by molar-refractivity contribution is 5.81. The van der Waals surface area contributed by atoms with Crippen LogP contribution in [0.15, 0.2) is 48.5 Å². The van der Waals surface area contributed by atoms with Gasteiger partial charge in [-0.3, -0.25) is 4.79 Å². The standard InChI is InChI=1S/C19H20FNO4/c1-2-16(24-14-9-7-13(20)8-10-14)19(22)21-11-15-12-23-17-5-3-4-6-18(17)25-15/h3-10,15-16H,2,11-12H2,1H3,(H,21,22)/t15-,16+/m0/s1. The number of carbonyl (C=O) groups excluding carboxylic acids is 1. The minimum Gasteiger partial charge on any atom is -0.486 e. The third kappa shape index (κ3) is 4.41. The number of para-hydroxylation sites is 2.